The molecule has 0 saturated carbocycles. The molecular weight excluding hydrogens is 520 g/mol. The van der Waals surface area contributed by atoms with Gasteiger partial charge in [-0.15, -0.1) is 0 Å². The van der Waals surface area contributed by atoms with Crippen molar-refractivity contribution in [2.75, 3.05) is 49.4 Å². The van der Waals surface area contributed by atoms with Gasteiger partial charge in [0, 0.05) is 43.0 Å². The molecule has 0 aliphatic carbocycles. The van der Waals surface area contributed by atoms with Gasteiger partial charge in [-0.05, 0) is 55.2 Å². The van der Waals surface area contributed by atoms with E-state index in [-0.39, 0.29) is 24.3 Å². The summed E-state index contributed by atoms with van der Waals surface area (Å²) in [7, 11) is 3.11. The summed E-state index contributed by atoms with van der Waals surface area (Å²) in [6, 6.07) is 20.4. The Labute approximate surface area is 239 Å². The van der Waals surface area contributed by atoms with Crippen molar-refractivity contribution < 1.29 is 23.9 Å². The van der Waals surface area contributed by atoms with Gasteiger partial charge < -0.3 is 29.9 Å². The summed E-state index contributed by atoms with van der Waals surface area (Å²) in [5.41, 5.74) is 4.56. The third kappa shape index (κ3) is 5.89. The molecule has 41 heavy (non-hydrogen) atoms. The van der Waals surface area contributed by atoms with E-state index in [0.717, 1.165) is 37.9 Å². The minimum Gasteiger partial charge on any atom is -0.493 e. The van der Waals surface area contributed by atoms with Crippen LogP contribution in [-0.4, -0.2) is 56.5 Å². The normalized spacial score (nSPS) is 15.5. The van der Waals surface area contributed by atoms with Gasteiger partial charge in [0.25, 0.3) is 5.91 Å². The Balaban J connectivity index is 1.47. The number of ether oxygens (including phenoxy) is 2. The second-order valence-corrected chi connectivity index (χ2v) is 10.0. The molecule has 2 N–H and O–H groups in total. The zero-order chi connectivity index (χ0) is 28.9. The van der Waals surface area contributed by atoms with Crippen LogP contribution < -0.4 is 25.0 Å². The number of nitrogens with zero attached hydrogens (tertiary/aromatic N) is 2. The van der Waals surface area contributed by atoms with Gasteiger partial charge in [0.15, 0.2) is 11.5 Å². The van der Waals surface area contributed by atoms with Gasteiger partial charge in [-0.25, -0.2) is 0 Å². The van der Waals surface area contributed by atoms with Crippen LogP contribution in [0.1, 0.15) is 37.3 Å². The molecule has 3 aromatic rings. The fourth-order valence-corrected chi connectivity index (χ4v) is 5.26. The smallest absolute Gasteiger partial charge is 0.258 e. The van der Waals surface area contributed by atoms with E-state index in [9.17, 15) is 14.4 Å². The van der Waals surface area contributed by atoms with Gasteiger partial charge in [0.2, 0.25) is 11.8 Å². The molecule has 0 radical (unpaired) electrons. The van der Waals surface area contributed by atoms with E-state index in [0.29, 0.717) is 45.4 Å². The number of amides is 3. The number of hydrogen-bond donors (Lipinski definition) is 2. The average molecular weight is 555 g/mol. The Morgan fingerprint density at radius 2 is 1.59 bits per heavy atom. The maximum Gasteiger partial charge on any atom is 0.258 e. The number of nitrogens with one attached hydrogen (secondary N) is 2. The molecule has 0 atom stereocenters. The lowest BCUT2D eigenvalue weighted by Crippen LogP contribution is -2.44. The van der Waals surface area contributed by atoms with Gasteiger partial charge in [-0.1, -0.05) is 30.3 Å². The van der Waals surface area contributed by atoms with E-state index >= 15 is 0 Å². The number of benzene rings is 3. The third-order valence-electron chi connectivity index (χ3n) is 7.41. The second kappa shape index (κ2) is 12.2. The molecule has 0 spiro atoms. The van der Waals surface area contributed by atoms with Crippen LogP contribution >= 0.6 is 0 Å². The maximum absolute atomic E-state index is 13.3. The summed E-state index contributed by atoms with van der Waals surface area (Å²) < 4.78 is 10.9. The lowest BCUT2D eigenvalue weighted by Gasteiger charge is -2.29. The number of carbonyl (C=O) groups excluding carboxylic acids is 3. The van der Waals surface area contributed by atoms with Gasteiger partial charge in [0.1, 0.15) is 6.54 Å². The standard InChI is InChI=1S/C32H34N4O5/c1-21(37)36(20-29(38)35-16-8-5-9-17-35)24-14-12-23(13-15-24)33-31(22-10-6-4-7-11-22)30-25-18-27(40-2)28(41-3)19-26(25)34-32(30)39/h4,6-7,10-15,18-19,33H,5,8-9,16-17,20H2,1-3H3,(H,34,39)/b31-30-. The number of rotatable bonds is 8. The molecule has 1 saturated heterocycles. The number of hydrogen-bond acceptors (Lipinski definition) is 6. The number of methoxy groups -OCH3 is 2. The first-order valence-electron chi connectivity index (χ1n) is 13.7. The largest absolute Gasteiger partial charge is 0.493 e. The Morgan fingerprint density at radius 3 is 2.22 bits per heavy atom. The first-order valence-corrected chi connectivity index (χ1v) is 13.7. The van der Waals surface area contributed by atoms with Crippen molar-refractivity contribution in [2.24, 2.45) is 0 Å². The molecule has 1 fully saturated rings. The highest BCUT2D eigenvalue weighted by atomic mass is 16.5. The van der Waals surface area contributed by atoms with Crippen LogP contribution in [0.15, 0.2) is 66.7 Å². The van der Waals surface area contributed by atoms with Crippen molar-refractivity contribution in [1.29, 1.82) is 0 Å². The van der Waals surface area contributed by atoms with Crippen LogP contribution in [0.4, 0.5) is 17.1 Å². The van der Waals surface area contributed by atoms with Gasteiger partial charge in [0.05, 0.1) is 31.2 Å². The fourth-order valence-electron chi connectivity index (χ4n) is 5.26. The number of fused-ring (bicyclic) bond motifs is 1. The maximum atomic E-state index is 13.3. The Morgan fingerprint density at radius 1 is 0.927 bits per heavy atom. The summed E-state index contributed by atoms with van der Waals surface area (Å²) in [5.74, 6) is 0.534. The predicted octanol–water partition coefficient (Wildman–Crippen LogP) is 5.00. The number of likely N-dealkylation sites (tertiary alicyclic amines) is 1. The zero-order valence-electron chi connectivity index (χ0n) is 23.5. The van der Waals surface area contributed by atoms with Crippen LogP contribution in [0, 0.1) is 0 Å². The van der Waals surface area contributed by atoms with Crippen LogP contribution in [-0.2, 0) is 14.4 Å². The highest BCUT2D eigenvalue weighted by Crippen LogP contribution is 2.43. The Kier molecular flexibility index (Phi) is 8.24. The molecule has 5 rings (SSSR count). The fraction of sp³-hybridized carbons (Fsp3) is 0.281. The highest BCUT2D eigenvalue weighted by molar-refractivity contribution is 6.37. The molecule has 2 heterocycles. The molecule has 9 heteroatoms. The van der Waals surface area contributed by atoms with Crippen LogP contribution in [0.2, 0.25) is 0 Å². The van der Waals surface area contributed by atoms with Crippen molar-refractivity contribution in [2.45, 2.75) is 26.2 Å². The number of piperidine rings is 1. The van der Waals surface area contributed by atoms with Gasteiger partial charge >= 0.3 is 0 Å². The summed E-state index contributed by atoms with van der Waals surface area (Å²) in [4.78, 5) is 42.0. The zero-order valence-corrected chi connectivity index (χ0v) is 23.5. The van der Waals surface area contributed by atoms with Gasteiger partial charge in [-0.3, -0.25) is 14.4 Å². The van der Waals surface area contributed by atoms with Gasteiger partial charge in [-0.2, -0.15) is 0 Å². The SMILES string of the molecule is COc1cc2c(cc1OC)/C(=C(/Nc1ccc(N(CC(=O)N3CCCCC3)C(C)=O)cc1)c1ccccc1)C(=O)N2. The van der Waals surface area contributed by atoms with Crippen molar-refractivity contribution in [3.05, 3.63) is 77.9 Å². The molecule has 212 valence electrons. The lowest BCUT2D eigenvalue weighted by atomic mass is 9.99. The molecule has 3 amide bonds. The molecule has 2 aliphatic heterocycles. The first kappa shape index (κ1) is 27.8. The number of carbonyl (C=O) groups is 3. The number of anilines is 3. The van der Waals surface area contributed by atoms with Crippen molar-refractivity contribution >= 4 is 46.1 Å². The summed E-state index contributed by atoms with van der Waals surface area (Å²) in [5, 5.41) is 6.37. The van der Waals surface area contributed by atoms with Crippen LogP contribution in [0.25, 0.3) is 11.3 Å². The summed E-state index contributed by atoms with van der Waals surface area (Å²) in [6.45, 7) is 2.94. The van der Waals surface area contributed by atoms with Crippen molar-refractivity contribution in [3.8, 4) is 11.5 Å². The second-order valence-electron chi connectivity index (χ2n) is 10.0. The quantitative estimate of drug-likeness (QED) is 0.380. The van der Waals surface area contributed by atoms with E-state index in [4.69, 9.17) is 9.47 Å². The van der Waals surface area contributed by atoms with Crippen molar-refractivity contribution in [1.82, 2.24) is 4.90 Å². The van der Waals surface area contributed by atoms with E-state index < -0.39 is 0 Å². The average Bonchev–Trinajstić information content (AvgIpc) is 3.32. The summed E-state index contributed by atoms with van der Waals surface area (Å²) in [6.07, 6.45) is 3.12. The van der Waals surface area contributed by atoms with E-state index in [1.807, 2.05) is 47.4 Å². The Bertz CT molecular complexity index is 1480. The molecule has 2 aliphatic rings. The molecule has 9 nitrogen and oxygen atoms in total. The van der Waals surface area contributed by atoms with Crippen LogP contribution in [0.5, 0.6) is 11.5 Å². The highest BCUT2D eigenvalue weighted by Gasteiger charge is 2.30. The van der Waals surface area contributed by atoms with Crippen molar-refractivity contribution in [3.63, 3.8) is 0 Å². The van der Waals surface area contributed by atoms with Crippen LogP contribution in [0.3, 0.4) is 0 Å². The molecule has 0 aromatic heterocycles. The topological polar surface area (TPSA) is 100 Å². The minimum absolute atomic E-state index is 0.00365. The van der Waals surface area contributed by atoms with E-state index in [1.54, 1.807) is 38.5 Å². The summed E-state index contributed by atoms with van der Waals surface area (Å²) >= 11 is 0. The first-order chi connectivity index (χ1) is 19.9. The minimum atomic E-state index is -0.253. The molecule has 0 unspecified atom stereocenters. The van der Waals surface area contributed by atoms with E-state index in [1.165, 1.54) is 11.8 Å². The third-order valence-corrected chi connectivity index (χ3v) is 7.41. The lowest BCUT2D eigenvalue weighted by molar-refractivity contribution is -0.132. The Hall–Kier alpha value is -4.79. The molecular formula is C32H34N4O5. The molecule has 0 bridgehead atoms. The monoisotopic (exact) mass is 554 g/mol. The molecule has 3 aromatic carbocycles. The predicted molar refractivity (Wildman–Crippen MR) is 160 cm³/mol. The van der Waals surface area contributed by atoms with E-state index in [2.05, 4.69) is 10.6 Å².